The van der Waals surface area contributed by atoms with Gasteiger partial charge in [-0.15, -0.1) is 20.4 Å². The lowest BCUT2D eigenvalue weighted by molar-refractivity contribution is -0.115. The molecule has 60 heavy (non-hydrogen) atoms. The summed E-state index contributed by atoms with van der Waals surface area (Å²) in [5, 5.41) is 47.2. The molecule has 0 bridgehead atoms. The number of nitrogen functional groups attached to an aromatic ring is 2. The van der Waals surface area contributed by atoms with Crippen LogP contribution in [0.25, 0.3) is 43.1 Å². The molecule has 0 amide bonds. The Bertz CT molecular complexity index is 2510. The number of nitrogens with one attached hydrogen (secondary N) is 4. The molecule has 4 aromatic heterocycles. The average molecular weight is 809 g/mol. The second-order valence-electron chi connectivity index (χ2n) is 12.2. The minimum atomic E-state index is 0.167. The quantitative estimate of drug-likeness (QED) is 0.0423. The molecule has 308 valence electrons. The summed E-state index contributed by atoms with van der Waals surface area (Å²) in [6, 6.07) is 31.4. The molecule has 0 saturated carbocycles. The van der Waals surface area contributed by atoms with Crippen molar-refractivity contribution in [2.24, 2.45) is 21.9 Å². The number of anilines is 4. The van der Waals surface area contributed by atoms with Gasteiger partial charge in [-0.3, -0.25) is 10.9 Å². The molecule has 18 nitrogen and oxygen atoms in total. The van der Waals surface area contributed by atoms with Gasteiger partial charge in [0, 0.05) is 55.0 Å². The predicted molar refractivity (Wildman–Crippen MR) is 242 cm³/mol. The van der Waals surface area contributed by atoms with Crippen LogP contribution < -0.4 is 33.4 Å². The summed E-state index contributed by atoms with van der Waals surface area (Å²) < 4.78 is 0. The van der Waals surface area contributed by atoms with Crippen LogP contribution in [0.3, 0.4) is 0 Å². The first-order valence-electron chi connectivity index (χ1n) is 18.3. The van der Waals surface area contributed by atoms with Crippen LogP contribution in [-0.2, 0) is 9.59 Å². The molecule has 8 aromatic rings. The number of carbonyl (C=O) groups excluding carboxylic acids is 2. The molecule has 0 fully saturated rings. The number of hydrazine groups is 2. The molecule has 0 saturated heterocycles. The molecule has 4 heterocycles. The maximum absolute atomic E-state index is 9.44. The highest BCUT2D eigenvalue weighted by molar-refractivity contribution is 5.93. The number of aldehydes is 1. The van der Waals surface area contributed by atoms with Gasteiger partial charge in [0.15, 0.2) is 23.3 Å². The second-order valence-corrected chi connectivity index (χ2v) is 12.2. The van der Waals surface area contributed by atoms with Crippen molar-refractivity contribution in [3.05, 3.63) is 122 Å². The lowest BCUT2D eigenvalue weighted by Gasteiger charge is -2.03. The number of hydrogen-bond acceptors (Lipinski definition) is 18. The largest absolute Gasteiger partial charge is 0.306 e. The van der Waals surface area contributed by atoms with Gasteiger partial charge in [-0.25, -0.2) is 11.7 Å². The summed E-state index contributed by atoms with van der Waals surface area (Å²) in [4.78, 5) is 18.2. The fraction of sp³-hybridized carbons (Fsp3) is 0.143. The first-order chi connectivity index (χ1) is 29.2. The Hall–Kier alpha value is -7.96. The summed E-state index contributed by atoms with van der Waals surface area (Å²) in [5.74, 6) is 13.3. The van der Waals surface area contributed by atoms with E-state index in [0.29, 0.717) is 23.3 Å². The molecular weight excluding hydrogens is 761 g/mol. The predicted octanol–water partition coefficient (Wildman–Crippen LogP) is 7.12. The van der Waals surface area contributed by atoms with Crippen LogP contribution in [0.2, 0.25) is 0 Å². The van der Waals surface area contributed by atoms with Gasteiger partial charge in [-0.05, 0) is 41.5 Å². The summed E-state index contributed by atoms with van der Waals surface area (Å²) in [6.07, 6.45) is 9.30. The van der Waals surface area contributed by atoms with Crippen LogP contribution >= 0.6 is 0 Å². The number of aromatic nitrogens is 8. The van der Waals surface area contributed by atoms with Crippen molar-refractivity contribution in [1.29, 1.82) is 0 Å². The second kappa shape index (κ2) is 26.1. The molecule has 8 rings (SSSR count). The van der Waals surface area contributed by atoms with E-state index in [1.165, 1.54) is 20.8 Å². The molecule has 4 aromatic carbocycles. The molecule has 0 spiro atoms. The lowest BCUT2D eigenvalue weighted by Crippen LogP contribution is -2.09. The number of nitrogens with zero attached hydrogens (tertiary/aromatic N) is 10. The zero-order valence-electron chi connectivity index (χ0n) is 34.1. The van der Waals surface area contributed by atoms with E-state index >= 15 is 0 Å². The van der Waals surface area contributed by atoms with E-state index in [-0.39, 0.29) is 5.78 Å². The van der Waals surface area contributed by atoms with E-state index in [0.717, 1.165) is 55.1 Å². The molecule has 8 N–H and O–H groups in total. The third kappa shape index (κ3) is 15.2. The SMILES string of the molecule is C/C=N/Nc1nncc2ccccc12.CC(C)=NNc1nncc2ccccc12.CC(C)=O.CC=O.NNc1nncc2ccccc12.NNc1nncc2ccccc12. The van der Waals surface area contributed by atoms with Crippen molar-refractivity contribution in [3.8, 4) is 0 Å². The highest BCUT2D eigenvalue weighted by atomic mass is 16.1. The Morgan fingerprint density at radius 2 is 0.800 bits per heavy atom. The molecule has 0 unspecified atom stereocenters. The Morgan fingerprint density at radius 3 is 1.10 bits per heavy atom. The number of nitrogens with two attached hydrogens (primary N) is 2. The van der Waals surface area contributed by atoms with Gasteiger partial charge >= 0.3 is 0 Å². The van der Waals surface area contributed by atoms with Crippen molar-refractivity contribution in [2.45, 2.75) is 41.5 Å². The zero-order valence-corrected chi connectivity index (χ0v) is 34.1. The Morgan fingerprint density at radius 1 is 0.517 bits per heavy atom. The molecular formula is C42H48N16O2. The van der Waals surface area contributed by atoms with Crippen LogP contribution in [0, 0.1) is 0 Å². The van der Waals surface area contributed by atoms with E-state index < -0.39 is 0 Å². The fourth-order valence-electron chi connectivity index (χ4n) is 4.78. The molecule has 0 atom stereocenters. The number of fused-ring (bicyclic) bond motifs is 4. The Balaban J connectivity index is 0.000000203. The van der Waals surface area contributed by atoms with Crippen LogP contribution in [0.5, 0.6) is 0 Å². The molecule has 18 heteroatoms. The van der Waals surface area contributed by atoms with Crippen LogP contribution in [-0.4, -0.2) is 64.8 Å². The smallest absolute Gasteiger partial charge is 0.176 e. The summed E-state index contributed by atoms with van der Waals surface area (Å²) >= 11 is 0. The minimum Gasteiger partial charge on any atom is -0.306 e. The van der Waals surface area contributed by atoms with Gasteiger partial charge in [0.2, 0.25) is 0 Å². The fourth-order valence-corrected chi connectivity index (χ4v) is 4.78. The van der Waals surface area contributed by atoms with Gasteiger partial charge < -0.3 is 20.4 Å². The number of Topliss-reactive ketones (excluding diaryl/α,β-unsaturated/α-hetero) is 1. The number of ketones is 1. The van der Waals surface area contributed by atoms with Crippen molar-refractivity contribution < 1.29 is 9.59 Å². The first kappa shape index (κ1) is 46.4. The topological polar surface area (TPSA) is 262 Å². The van der Waals surface area contributed by atoms with Gasteiger partial charge in [-0.2, -0.15) is 30.6 Å². The average Bonchev–Trinajstić information content (AvgIpc) is 3.28. The van der Waals surface area contributed by atoms with Crippen molar-refractivity contribution >= 4 is 90.4 Å². The maximum Gasteiger partial charge on any atom is 0.176 e. The maximum atomic E-state index is 9.44. The lowest BCUT2D eigenvalue weighted by atomic mass is 10.2. The highest BCUT2D eigenvalue weighted by Gasteiger charge is 2.02. The molecule has 0 aliphatic rings. The summed E-state index contributed by atoms with van der Waals surface area (Å²) in [5.41, 5.74) is 11.7. The molecule has 0 radical (unpaired) electrons. The van der Waals surface area contributed by atoms with Gasteiger partial charge in [-0.1, -0.05) is 97.1 Å². The van der Waals surface area contributed by atoms with Crippen LogP contribution in [0.1, 0.15) is 41.5 Å². The normalized spacial score (nSPS) is 9.73. The van der Waals surface area contributed by atoms with E-state index in [1.54, 1.807) is 31.0 Å². The number of hydrazone groups is 2. The van der Waals surface area contributed by atoms with Gasteiger partial charge in [0.1, 0.15) is 12.1 Å². The monoisotopic (exact) mass is 808 g/mol. The summed E-state index contributed by atoms with van der Waals surface area (Å²) in [6.45, 7) is 10.2. The Labute approximate surface area is 347 Å². The van der Waals surface area contributed by atoms with Gasteiger partial charge in [0.05, 0.1) is 24.8 Å². The van der Waals surface area contributed by atoms with E-state index in [2.05, 4.69) is 72.7 Å². The standard InChI is InChI=1S/C11H12N4.C10H10N4.2C8H8N4.C3H6O.C2H4O/c1-8(2)13-15-11-10-6-4-3-5-9(10)7-12-14-11;1-2-11-13-10-9-6-4-3-5-8(9)7-12-14-10;2*9-11-8-7-4-2-1-3-6(7)5-10-12-8;1-3(2)4;1-2-3/h3-7H,1-2H3,(H,14,15);2-7H,1H3,(H,13,14);2*1-5H,9H2,(H,11,12);1-2H3;2H,1H3/b;11-2+;;;;. The minimum absolute atomic E-state index is 0.167. The van der Waals surface area contributed by atoms with Crippen LogP contribution in [0.4, 0.5) is 23.3 Å². The zero-order chi connectivity index (χ0) is 43.5. The van der Waals surface area contributed by atoms with Crippen LogP contribution in [0.15, 0.2) is 132 Å². The van der Waals surface area contributed by atoms with E-state index in [4.69, 9.17) is 16.5 Å². The number of hydrogen-bond donors (Lipinski definition) is 6. The van der Waals surface area contributed by atoms with E-state index in [1.807, 2.05) is 118 Å². The summed E-state index contributed by atoms with van der Waals surface area (Å²) in [7, 11) is 0. The van der Waals surface area contributed by atoms with Gasteiger partial charge in [0.25, 0.3) is 0 Å². The molecule has 0 aliphatic heterocycles. The van der Waals surface area contributed by atoms with Crippen molar-refractivity contribution in [1.82, 2.24) is 40.8 Å². The first-order valence-corrected chi connectivity index (χ1v) is 18.3. The third-order valence-electron chi connectivity index (χ3n) is 7.24. The third-order valence-corrected chi connectivity index (χ3v) is 7.24. The highest BCUT2D eigenvalue weighted by Crippen LogP contribution is 2.21. The number of carbonyl (C=O) groups is 2. The molecule has 0 aliphatic carbocycles. The number of rotatable bonds is 6. The van der Waals surface area contributed by atoms with Crippen molar-refractivity contribution in [2.75, 3.05) is 21.7 Å². The Kier molecular flexibility index (Phi) is 20.2. The van der Waals surface area contributed by atoms with Crippen molar-refractivity contribution in [3.63, 3.8) is 0 Å². The van der Waals surface area contributed by atoms with E-state index in [9.17, 15) is 4.79 Å². The number of benzene rings is 4.